The first-order valence-corrected chi connectivity index (χ1v) is 8.09. The summed E-state index contributed by atoms with van der Waals surface area (Å²) in [6.07, 6.45) is 9.34. The molecule has 0 aromatic heterocycles. The first kappa shape index (κ1) is 14.6. The summed E-state index contributed by atoms with van der Waals surface area (Å²) in [6.45, 7) is 4.53. The standard InChI is InChI=1S/C18H29N/c1-4-14-11-12-17(13-15(14)5-2)18(19-3)16-9-7-6-8-10-16/h11-13,16,18-19H,4-10H2,1-3H3. The Balaban J connectivity index is 2.22. The van der Waals surface area contributed by atoms with Crippen LogP contribution in [0, 0.1) is 5.92 Å². The quantitative estimate of drug-likeness (QED) is 0.811. The zero-order valence-electron chi connectivity index (χ0n) is 12.8. The van der Waals surface area contributed by atoms with Crippen LogP contribution < -0.4 is 5.32 Å². The molecule has 1 atom stereocenters. The molecule has 1 heteroatoms. The van der Waals surface area contributed by atoms with Crippen molar-refractivity contribution in [1.29, 1.82) is 0 Å². The molecule has 106 valence electrons. The van der Waals surface area contributed by atoms with Crippen molar-refractivity contribution < 1.29 is 0 Å². The molecular weight excluding hydrogens is 230 g/mol. The fourth-order valence-corrected chi connectivity index (χ4v) is 3.66. The molecule has 2 rings (SSSR count). The van der Waals surface area contributed by atoms with Crippen molar-refractivity contribution >= 4 is 0 Å². The lowest BCUT2D eigenvalue weighted by atomic mass is 9.80. The number of rotatable bonds is 5. The Kier molecular flexibility index (Phi) is 5.45. The molecule has 0 amide bonds. The third-order valence-electron chi connectivity index (χ3n) is 4.78. The van der Waals surface area contributed by atoms with Gasteiger partial charge in [-0.3, -0.25) is 0 Å². The van der Waals surface area contributed by atoms with Crippen molar-refractivity contribution in [3.8, 4) is 0 Å². The Morgan fingerprint density at radius 2 is 1.74 bits per heavy atom. The fourth-order valence-electron chi connectivity index (χ4n) is 3.66. The van der Waals surface area contributed by atoms with Gasteiger partial charge in [0, 0.05) is 6.04 Å². The minimum atomic E-state index is 0.552. The zero-order chi connectivity index (χ0) is 13.7. The van der Waals surface area contributed by atoms with Crippen LogP contribution >= 0.6 is 0 Å². The lowest BCUT2D eigenvalue weighted by molar-refractivity contribution is 0.281. The number of nitrogens with one attached hydrogen (secondary N) is 1. The van der Waals surface area contributed by atoms with Gasteiger partial charge in [-0.1, -0.05) is 51.3 Å². The molecule has 0 spiro atoms. The Morgan fingerprint density at radius 1 is 1.05 bits per heavy atom. The van der Waals surface area contributed by atoms with E-state index in [9.17, 15) is 0 Å². The Bertz CT molecular complexity index is 391. The van der Waals surface area contributed by atoms with Crippen molar-refractivity contribution in [2.45, 2.75) is 64.8 Å². The molecule has 1 aromatic rings. The van der Waals surface area contributed by atoms with Gasteiger partial charge in [0.15, 0.2) is 0 Å². The third kappa shape index (κ3) is 3.39. The normalized spacial score (nSPS) is 18.5. The largest absolute Gasteiger partial charge is 0.313 e. The van der Waals surface area contributed by atoms with Crippen LogP contribution in [0.2, 0.25) is 0 Å². The van der Waals surface area contributed by atoms with Crippen molar-refractivity contribution in [2.75, 3.05) is 7.05 Å². The lowest BCUT2D eigenvalue weighted by Gasteiger charge is -2.31. The third-order valence-corrected chi connectivity index (χ3v) is 4.78. The van der Waals surface area contributed by atoms with Gasteiger partial charge in [0.25, 0.3) is 0 Å². The molecule has 1 aromatic carbocycles. The summed E-state index contributed by atoms with van der Waals surface area (Å²) in [4.78, 5) is 0. The fraction of sp³-hybridized carbons (Fsp3) is 0.667. The maximum absolute atomic E-state index is 3.58. The molecule has 1 aliphatic carbocycles. The molecule has 1 nitrogen and oxygen atoms in total. The predicted octanol–water partition coefficient (Wildman–Crippen LogP) is 4.65. The van der Waals surface area contributed by atoms with E-state index in [-0.39, 0.29) is 0 Å². The van der Waals surface area contributed by atoms with Crippen molar-refractivity contribution in [3.63, 3.8) is 0 Å². The summed E-state index contributed by atoms with van der Waals surface area (Å²) in [5, 5.41) is 3.58. The van der Waals surface area contributed by atoms with Gasteiger partial charge in [-0.15, -0.1) is 0 Å². The van der Waals surface area contributed by atoms with Crippen molar-refractivity contribution in [2.24, 2.45) is 5.92 Å². The molecule has 0 heterocycles. The van der Waals surface area contributed by atoms with Crippen LogP contribution in [0.25, 0.3) is 0 Å². The number of aryl methyl sites for hydroxylation is 2. The highest BCUT2D eigenvalue weighted by atomic mass is 14.9. The van der Waals surface area contributed by atoms with E-state index in [4.69, 9.17) is 0 Å². The highest BCUT2D eigenvalue weighted by Gasteiger charge is 2.23. The summed E-state index contributed by atoms with van der Waals surface area (Å²) in [5.41, 5.74) is 4.56. The molecule has 0 aliphatic heterocycles. The van der Waals surface area contributed by atoms with E-state index in [0.29, 0.717) is 6.04 Å². The van der Waals surface area contributed by atoms with Crippen molar-refractivity contribution in [1.82, 2.24) is 5.32 Å². The SMILES string of the molecule is CCc1ccc(C(NC)C2CCCCC2)cc1CC. The van der Waals surface area contributed by atoms with Crippen LogP contribution in [0.4, 0.5) is 0 Å². The summed E-state index contributed by atoms with van der Waals surface area (Å²) in [7, 11) is 2.12. The number of hydrogen-bond donors (Lipinski definition) is 1. The molecule has 1 fully saturated rings. The van der Waals surface area contributed by atoms with E-state index in [0.717, 1.165) is 18.8 Å². The second kappa shape index (κ2) is 7.09. The van der Waals surface area contributed by atoms with E-state index in [1.165, 1.54) is 48.8 Å². The topological polar surface area (TPSA) is 12.0 Å². The lowest BCUT2D eigenvalue weighted by Crippen LogP contribution is -2.27. The van der Waals surface area contributed by atoms with Gasteiger partial charge in [0.1, 0.15) is 0 Å². The summed E-state index contributed by atoms with van der Waals surface area (Å²) in [6, 6.07) is 7.71. The summed E-state index contributed by atoms with van der Waals surface area (Å²) >= 11 is 0. The molecule has 0 radical (unpaired) electrons. The molecule has 1 saturated carbocycles. The van der Waals surface area contributed by atoms with E-state index >= 15 is 0 Å². The van der Waals surface area contributed by atoms with Gasteiger partial charge >= 0.3 is 0 Å². The van der Waals surface area contributed by atoms with Gasteiger partial charge < -0.3 is 5.32 Å². The maximum Gasteiger partial charge on any atom is 0.0346 e. The van der Waals surface area contributed by atoms with Crippen molar-refractivity contribution in [3.05, 3.63) is 34.9 Å². The average Bonchev–Trinajstić information content (AvgIpc) is 2.49. The van der Waals surface area contributed by atoms with Gasteiger partial charge in [-0.05, 0) is 55.3 Å². The molecule has 0 saturated heterocycles. The molecule has 1 N–H and O–H groups in total. The van der Waals surface area contributed by atoms with Gasteiger partial charge in [0.05, 0.1) is 0 Å². The molecule has 1 unspecified atom stereocenters. The number of hydrogen-bond acceptors (Lipinski definition) is 1. The zero-order valence-corrected chi connectivity index (χ0v) is 12.8. The number of benzene rings is 1. The minimum Gasteiger partial charge on any atom is -0.313 e. The highest BCUT2D eigenvalue weighted by molar-refractivity contribution is 5.34. The van der Waals surface area contributed by atoms with Crippen LogP contribution in [-0.2, 0) is 12.8 Å². The van der Waals surface area contributed by atoms with Gasteiger partial charge in [-0.25, -0.2) is 0 Å². The smallest absolute Gasteiger partial charge is 0.0346 e. The summed E-state index contributed by atoms with van der Waals surface area (Å²) < 4.78 is 0. The van der Waals surface area contributed by atoms with Gasteiger partial charge in [-0.2, -0.15) is 0 Å². The first-order valence-electron chi connectivity index (χ1n) is 8.09. The van der Waals surface area contributed by atoms with Crippen LogP contribution in [0.5, 0.6) is 0 Å². The van der Waals surface area contributed by atoms with Crippen LogP contribution in [0.15, 0.2) is 18.2 Å². The van der Waals surface area contributed by atoms with Gasteiger partial charge in [0.2, 0.25) is 0 Å². The first-order chi connectivity index (χ1) is 9.30. The maximum atomic E-state index is 3.58. The molecular formula is C18H29N. The highest BCUT2D eigenvalue weighted by Crippen LogP contribution is 2.34. The Hall–Kier alpha value is -0.820. The van der Waals surface area contributed by atoms with E-state index in [2.05, 4.69) is 44.4 Å². The monoisotopic (exact) mass is 259 g/mol. The molecule has 0 bridgehead atoms. The average molecular weight is 259 g/mol. The minimum absolute atomic E-state index is 0.552. The van der Waals surface area contributed by atoms with Crippen LogP contribution in [0.3, 0.4) is 0 Å². The molecule has 19 heavy (non-hydrogen) atoms. The molecule has 1 aliphatic rings. The second-order valence-corrected chi connectivity index (χ2v) is 5.90. The van der Waals surface area contributed by atoms with Crippen LogP contribution in [0.1, 0.15) is 68.7 Å². The predicted molar refractivity (Wildman–Crippen MR) is 83.6 cm³/mol. The van der Waals surface area contributed by atoms with Crippen LogP contribution in [-0.4, -0.2) is 7.05 Å². The Morgan fingerprint density at radius 3 is 2.32 bits per heavy atom. The van der Waals surface area contributed by atoms with E-state index in [1.807, 2.05) is 0 Å². The van der Waals surface area contributed by atoms with E-state index < -0.39 is 0 Å². The second-order valence-electron chi connectivity index (χ2n) is 5.90. The van der Waals surface area contributed by atoms with E-state index in [1.54, 1.807) is 0 Å². The Labute approximate surface area is 118 Å². The summed E-state index contributed by atoms with van der Waals surface area (Å²) in [5.74, 6) is 0.830.